The molecule has 2 N–H and O–H groups in total. The van der Waals surface area contributed by atoms with Crippen LogP contribution in [-0.4, -0.2) is 122 Å². The van der Waals surface area contributed by atoms with Crippen molar-refractivity contribution in [2.24, 2.45) is 0 Å². The zero-order valence-corrected chi connectivity index (χ0v) is 124. The third kappa shape index (κ3) is 59.7. The summed E-state index contributed by atoms with van der Waals surface area (Å²) in [6.07, 6.45) is 0.885. The first-order chi connectivity index (χ1) is 67.7. The maximum absolute atomic E-state index is 11.9. The molecule has 0 saturated carbocycles. The van der Waals surface area contributed by atoms with E-state index in [0.29, 0.717) is 64.5 Å². The number of hydrogen-bond donors (Lipinski definition) is 2. The van der Waals surface area contributed by atoms with Gasteiger partial charge in [0, 0.05) is 134 Å². The topological polar surface area (TPSA) is 534 Å². The van der Waals surface area contributed by atoms with Crippen LogP contribution in [0.4, 0.5) is 10.5 Å². The van der Waals surface area contributed by atoms with Gasteiger partial charge >= 0.3 is 35.9 Å². The summed E-state index contributed by atoms with van der Waals surface area (Å²) in [7, 11) is 0. The molecule has 0 saturated heterocycles. The Kier molecular flexibility index (Phi) is 76.3. The first-order valence-corrected chi connectivity index (χ1v) is 64.7. The molecule has 10 aromatic carbocycles. The van der Waals surface area contributed by atoms with Crippen LogP contribution >= 0.6 is 542 Å². The van der Waals surface area contributed by atoms with Crippen molar-refractivity contribution in [1.29, 1.82) is 0 Å². The van der Waals surface area contributed by atoms with Crippen molar-refractivity contribution in [3.8, 4) is 5.75 Å². The quantitative estimate of drug-likeness (QED) is 0.0130. The summed E-state index contributed by atoms with van der Waals surface area (Å²) in [6.45, 7) is -0.467. The van der Waals surface area contributed by atoms with E-state index in [1.807, 2.05) is 175 Å². The molecule has 10 rings (SSSR count). The van der Waals surface area contributed by atoms with E-state index >= 15 is 0 Å². The maximum Gasteiger partial charge on any atom is 0.411 e. The van der Waals surface area contributed by atoms with Crippen molar-refractivity contribution < 1.29 is 147 Å². The van der Waals surface area contributed by atoms with Crippen LogP contribution in [0.2, 0.25) is 0 Å². The summed E-state index contributed by atoms with van der Waals surface area (Å²) in [4.78, 5) is 152. The van der Waals surface area contributed by atoms with Crippen molar-refractivity contribution in [1.82, 2.24) is 0 Å². The summed E-state index contributed by atoms with van der Waals surface area (Å²) >= 11 is 50.8. The van der Waals surface area contributed by atoms with Gasteiger partial charge in [0.15, 0.2) is 0 Å². The van der Waals surface area contributed by atoms with Crippen LogP contribution in [0.25, 0.3) is 0 Å². The Morgan fingerprint density at radius 2 is 0.648 bits per heavy atom. The van der Waals surface area contributed by atoms with Crippen LogP contribution in [0.5, 0.6) is 5.75 Å². The number of carbonyl (C=O) groups is 14. The van der Waals surface area contributed by atoms with Gasteiger partial charge in [-0.3, -0.25) is 5.32 Å². The van der Waals surface area contributed by atoms with E-state index in [9.17, 15) is 113 Å². The van der Waals surface area contributed by atoms with Gasteiger partial charge in [-0.1, -0.05) is 42.1 Å². The van der Waals surface area contributed by atoms with Gasteiger partial charge in [0.2, 0.25) is 0 Å². The van der Waals surface area contributed by atoms with Crippen LogP contribution in [0.1, 0.15) is 129 Å². The minimum absolute atomic E-state index is 0.00375. The van der Waals surface area contributed by atoms with Gasteiger partial charge < -0.3 is 118 Å². The number of carbonyl (C=O) groups excluding carboxylic acids is 13. The molecule has 0 aromatic heterocycles. The number of anilines is 1. The predicted molar refractivity (Wildman–Crippen MR) is 720 cm³/mol. The normalized spacial score (nSPS) is 10.1. The van der Waals surface area contributed by atoms with Gasteiger partial charge in [0.05, 0.1) is 84.4 Å². The molecule has 0 heterocycles. The van der Waals surface area contributed by atoms with Crippen molar-refractivity contribution in [2.45, 2.75) is 71.0 Å². The van der Waals surface area contributed by atoms with E-state index in [1.54, 1.807) is 24.3 Å². The number of ether oxygens (including phenoxy) is 6. The van der Waals surface area contributed by atoms with Crippen molar-refractivity contribution in [3.05, 3.63) is 287 Å². The van der Waals surface area contributed by atoms with Gasteiger partial charge in [-0.25, -0.2) is 28.8 Å². The largest absolute Gasteiger partial charge is 0.871 e. The molecule has 0 radical (unpaired) electrons. The highest BCUT2D eigenvalue weighted by Crippen LogP contribution is 2.32. The van der Waals surface area contributed by atoms with Crippen LogP contribution in [0, 0.1) is 85.7 Å². The van der Waals surface area contributed by atoms with E-state index in [0.717, 1.165) is 93.7 Å². The molecule has 0 fully saturated rings. The molecule has 0 atom stereocenters. The lowest BCUT2D eigenvalue weighted by Gasteiger charge is -2.11. The minimum atomic E-state index is -1.41. The predicted octanol–water partition coefficient (Wildman–Crippen LogP) is 17.8. The number of aromatic carboxylic acids is 2. The molecule has 0 spiro atoms. The zero-order valence-electron chi connectivity index (χ0n) is 72.0. The molecular weight excluding hydrogens is 4620 g/mol. The Morgan fingerprint density at radius 1 is 0.297 bits per heavy atom. The number of carboxylic acids is 9. The Hall–Kier alpha value is 1.86. The van der Waals surface area contributed by atoms with E-state index in [4.69, 9.17) is 28.8 Å². The molecule has 31 nitrogen and oxygen atoms in total. The van der Waals surface area contributed by atoms with Crippen molar-refractivity contribution in [3.63, 3.8) is 0 Å². The Labute approximate surface area is 1160 Å². The van der Waals surface area contributed by atoms with Gasteiger partial charge in [-0.05, 0) is 719 Å². The molecular formula is C90H58I24NO30-9. The lowest BCUT2D eigenvalue weighted by atomic mass is 10.1. The number of rotatable bonds is 32. The highest BCUT2D eigenvalue weighted by atomic mass is 127. The third-order valence-corrected chi connectivity index (χ3v) is 43.3. The van der Waals surface area contributed by atoms with E-state index in [-0.39, 0.29) is 94.4 Å². The number of carboxylic acid groups (broad SMARTS) is 9. The highest BCUT2D eigenvalue weighted by molar-refractivity contribution is 14.1. The second kappa shape index (κ2) is 77.4. The molecule has 780 valence electrons. The average molecular weight is 4680 g/mol. The van der Waals surface area contributed by atoms with Crippen LogP contribution in [-0.2, 0) is 88.0 Å². The molecule has 1 amide bonds. The summed E-state index contributed by atoms with van der Waals surface area (Å²) in [6, 6.07) is 43.1. The van der Waals surface area contributed by atoms with E-state index in [2.05, 4.69) is 468 Å². The first kappa shape index (κ1) is 143. The standard InChI is InChI=1S/C15H12INO4.C12H11I3O4.C11H9I3O4.C10H7I3O4.C9H5I3O4.C9H7I3O3.C9H7I3O2.C8H5I3O2.C7H4I2O3/c16-12-8-11(14(18)19)6-7-13(12)17-15(20)21-9-10-4-2-1-3-5-10;13-7-5-8(11(15)9(14)6-7)12(18)19-4-2-1-3-10(16)17;12-6-4-7(10(14)8(13)5-6)11(17)18-3-1-2-9(15)16;11-5-3-6(9(13)7(12)4-5)10(16)17-2-1-8(14)15;10-4-1-5(8(12)6(11)2-4)9(15)16-3-7(13)14;10-5-1-7(11)6(8(12)2-5)3-15-4-9(13)14;10-6-3-5(1-2-8(13)14)9(12)7(11)4-6;9-5-1-4(2-7(12)13)8(11)6(10)3-5;8-4-1-3(7(11)12)2-5(9)6(4)10/h1-8H,9H2,(H,17,20)(H,18,19);5-6H,1-4H2,(H,16,17);4-5H,1-3H2,(H,15,16);3-4H,1-2H2,(H,14,15);1-2H,3H2,(H,13,14);1-2H,3-4H2,(H,13,14);3-4H,1-2H2,(H,13,14);1,3H,2H2,(H,12,13);1-2,10H,(H,11,12)/p-9. The smallest absolute Gasteiger partial charge is 0.411 e. The number of unbranched alkanes of at least 4 members (excludes halogenated alkanes) is 1. The fourth-order valence-electron chi connectivity index (χ4n) is 9.56. The molecule has 0 aliphatic rings. The van der Waals surface area contributed by atoms with Gasteiger partial charge in [-0.2, -0.15) is 0 Å². The molecule has 0 aliphatic heterocycles. The van der Waals surface area contributed by atoms with Crippen molar-refractivity contribution >= 4 is 632 Å². The minimum Gasteiger partial charge on any atom is -0.871 e. The second-order valence-corrected chi connectivity index (χ2v) is 54.9. The monoisotopic (exact) mass is 4680 g/mol. The first-order valence-electron chi connectivity index (χ1n) is 38.8. The van der Waals surface area contributed by atoms with Gasteiger partial charge in [-0.15, -0.1) is 0 Å². The molecule has 0 bridgehead atoms. The fourth-order valence-corrected chi connectivity index (χ4v) is 30.4. The number of aryl methyl sites for hydroxylation is 1. The van der Waals surface area contributed by atoms with Crippen LogP contribution in [0.15, 0.2) is 146 Å². The summed E-state index contributed by atoms with van der Waals surface area (Å²) < 4.78 is 52.0. The SMILES string of the molecule is O=C(Nc1ccc(C(=O)[O-])cc1I)OCc1ccccc1.O=C(O)c1cc(I)c([O-])c(I)c1.O=C([O-])CCCCOC(=O)c1cc(I)cc(I)c1I.O=C([O-])CCCOC(=O)c1cc(I)cc(I)c1I.O=C([O-])CCOC(=O)c1cc(I)cc(I)c1I.O=C([O-])CCc1cc(I)cc(I)c1I.O=C([O-])COC(=O)c1cc(I)cc(I)c1I.O=C([O-])COCc1c(I)cc(I)cc1I.O=C([O-])Cc1cc(I)cc(I)c1I. The highest BCUT2D eigenvalue weighted by Gasteiger charge is 2.21. The zero-order chi connectivity index (χ0) is 110. The molecule has 0 aliphatic carbocycles. The Morgan fingerprint density at radius 3 is 1.03 bits per heavy atom. The van der Waals surface area contributed by atoms with Gasteiger partial charge in [0.25, 0.3) is 0 Å². The number of esters is 4. The summed E-state index contributed by atoms with van der Waals surface area (Å²) in [5, 5.41) is 105. The Balaban J connectivity index is 0.000000554. The fraction of sp³-hybridized carbons (Fsp3) is 0.178. The molecule has 145 heavy (non-hydrogen) atoms. The number of amides is 1. The van der Waals surface area contributed by atoms with Crippen LogP contribution in [0.3, 0.4) is 0 Å². The van der Waals surface area contributed by atoms with Crippen LogP contribution < -0.4 is 51.3 Å². The van der Waals surface area contributed by atoms with Crippen molar-refractivity contribution in [2.75, 3.05) is 38.4 Å². The van der Waals surface area contributed by atoms with E-state index in [1.165, 1.54) is 33.9 Å². The number of nitrogens with one attached hydrogen (secondary N) is 1. The molecule has 10 aromatic rings. The number of hydrogen-bond acceptors (Lipinski definition) is 29. The lowest BCUT2D eigenvalue weighted by Crippen LogP contribution is -2.29. The number of benzene rings is 10. The second-order valence-electron chi connectivity index (χ2n) is 26.9. The summed E-state index contributed by atoms with van der Waals surface area (Å²) in [5.41, 5.74) is 6.43. The van der Waals surface area contributed by atoms with Gasteiger partial charge in [0.1, 0.15) is 13.2 Å². The molecule has 55 heteroatoms. The Bertz CT molecular complexity index is 6260. The van der Waals surface area contributed by atoms with E-state index < -0.39 is 84.3 Å². The molecule has 0 unspecified atom stereocenters. The third-order valence-electron chi connectivity index (χ3n) is 16.0. The lowest BCUT2D eigenvalue weighted by molar-refractivity contribution is -0.310. The summed E-state index contributed by atoms with van der Waals surface area (Å²) in [5.74, 6) is -12.4. The number of halogens is 24. The average Bonchev–Trinajstić information content (AvgIpc) is 0.813. The number of aliphatic carboxylic acids is 7. The maximum atomic E-state index is 11.9.